The average Bonchev–Trinajstić information content (AvgIpc) is 3.00. The number of carbonyl (C=O) groups is 2. The molecule has 0 aromatic heterocycles. The van der Waals surface area contributed by atoms with Crippen molar-refractivity contribution in [1.29, 1.82) is 0 Å². The molecule has 0 bridgehead atoms. The van der Waals surface area contributed by atoms with Crippen molar-refractivity contribution in [3.8, 4) is 5.75 Å². The van der Waals surface area contributed by atoms with Gasteiger partial charge in [0.2, 0.25) is 5.91 Å². The molecular weight excluding hydrogens is 268 g/mol. The van der Waals surface area contributed by atoms with E-state index in [2.05, 4.69) is 4.90 Å². The molecule has 1 aromatic carbocycles. The van der Waals surface area contributed by atoms with Crippen molar-refractivity contribution in [2.24, 2.45) is 5.73 Å². The van der Waals surface area contributed by atoms with Crippen LogP contribution in [0.5, 0.6) is 5.75 Å². The molecule has 0 saturated heterocycles. The van der Waals surface area contributed by atoms with Crippen molar-refractivity contribution in [2.45, 2.75) is 38.3 Å². The lowest BCUT2D eigenvalue weighted by Gasteiger charge is -2.28. The van der Waals surface area contributed by atoms with Crippen LogP contribution < -0.4 is 10.5 Å². The molecule has 5 heteroatoms. The highest BCUT2D eigenvalue weighted by Crippen LogP contribution is 2.27. The Bertz CT molecular complexity index is 510. The fourth-order valence-electron chi connectivity index (χ4n) is 3.00. The van der Waals surface area contributed by atoms with Gasteiger partial charge in [0.15, 0.2) is 0 Å². The van der Waals surface area contributed by atoms with E-state index in [4.69, 9.17) is 10.5 Å². The second-order valence-corrected chi connectivity index (χ2v) is 5.50. The molecule has 2 N–H and O–H groups in total. The van der Waals surface area contributed by atoms with E-state index >= 15 is 0 Å². The third-order valence-corrected chi connectivity index (χ3v) is 4.01. The van der Waals surface area contributed by atoms with Crippen LogP contribution in [0, 0.1) is 0 Å². The largest absolute Gasteiger partial charge is 0.496 e. The maximum Gasteiger partial charge on any atom is 0.231 e. The van der Waals surface area contributed by atoms with Gasteiger partial charge in [0.05, 0.1) is 13.7 Å². The predicted octanol–water partition coefficient (Wildman–Crippen LogP) is 1.74. The SMILES string of the molecule is COc1ccc(C=O)cc1CN(CC(N)=O)C1CCCC1. The van der Waals surface area contributed by atoms with Gasteiger partial charge >= 0.3 is 0 Å². The molecule has 1 fully saturated rings. The Kier molecular flexibility index (Phi) is 5.33. The van der Waals surface area contributed by atoms with E-state index < -0.39 is 0 Å². The third-order valence-electron chi connectivity index (χ3n) is 4.01. The molecule has 1 aliphatic rings. The number of amides is 1. The lowest BCUT2D eigenvalue weighted by atomic mass is 10.1. The Morgan fingerprint density at radius 3 is 2.71 bits per heavy atom. The molecule has 1 aromatic rings. The highest BCUT2D eigenvalue weighted by Gasteiger charge is 2.24. The summed E-state index contributed by atoms with van der Waals surface area (Å²) < 4.78 is 5.35. The zero-order valence-corrected chi connectivity index (χ0v) is 12.4. The number of aldehydes is 1. The van der Waals surface area contributed by atoms with E-state index in [9.17, 15) is 9.59 Å². The Hall–Kier alpha value is -1.88. The van der Waals surface area contributed by atoms with Crippen LogP contribution in [-0.4, -0.2) is 36.8 Å². The molecular formula is C16H22N2O3. The Labute approximate surface area is 125 Å². The summed E-state index contributed by atoms with van der Waals surface area (Å²) in [5.41, 5.74) is 6.89. The number of benzene rings is 1. The van der Waals surface area contributed by atoms with Crippen molar-refractivity contribution < 1.29 is 14.3 Å². The first-order valence-corrected chi connectivity index (χ1v) is 7.28. The topological polar surface area (TPSA) is 72.6 Å². The first kappa shape index (κ1) is 15.5. The molecule has 0 unspecified atom stereocenters. The molecule has 114 valence electrons. The second-order valence-electron chi connectivity index (χ2n) is 5.50. The van der Waals surface area contributed by atoms with E-state index in [0.29, 0.717) is 18.2 Å². The second kappa shape index (κ2) is 7.22. The quantitative estimate of drug-likeness (QED) is 0.776. The van der Waals surface area contributed by atoms with Gasteiger partial charge in [-0.05, 0) is 31.0 Å². The van der Waals surface area contributed by atoms with Gasteiger partial charge in [-0.2, -0.15) is 0 Å². The van der Waals surface area contributed by atoms with Gasteiger partial charge in [0.1, 0.15) is 12.0 Å². The highest BCUT2D eigenvalue weighted by atomic mass is 16.5. The maximum atomic E-state index is 11.3. The number of nitrogens with zero attached hydrogens (tertiary/aromatic N) is 1. The normalized spacial score (nSPS) is 15.3. The van der Waals surface area contributed by atoms with E-state index in [0.717, 1.165) is 30.4 Å². The zero-order valence-electron chi connectivity index (χ0n) is 12.4. The fraction of sp³-hybridized carbons (Fsp3) is 0.500. The first-order chi connectivity index (χ1) is 10.1. The number of carbonyl (C=O) groups excluding carboxylic acids is 2. The van der Waals surface area contributed by atoms with Crippen molar-refractivity contribution in [2.75, 3.05) is 13.7 Å². The lowest BCUT2D eigenvalue weighted by molar-refractivity contribution is -0.119. The number of hydrogen-bond donors (Lipinski definition) is 1. The summed E-state index contributed by atoms with van der Waals surface area (Å²) in [6.45, 7) is 0.803. The summed E-state index contributed by atoms with van der Waals surface area (Å²) in [5, 5.41) is 0. The number of ether oxygens (including phenoxy) is 1. The van der Waals surface area contributed by atoms with Crippen molar-refractivity contribution in [1.82, 2.24) is 4.90 Å². The highest BCUT2D eigenvalue weighted by molar-refractivity contribution is 5.76. The smallest absolute Gasteiger partial charge is 0.231 e. The van der Waals surface area contributed by atoms with Crippen LogP contribution in [0.4, 0.5) is 0 Å². The minimum absolute atomic E-state index is 0.235. The molecule has 1 amide bonds. The molecule has 1 saturated carbocycles. The first-order valence-electron chi connectivity index (χ1n) is 7.28. The number of primary amides is 1. The maximum absolute atomic E-state index is 11.3. The van der Waals surface area contributed by atoms with Crippen LogP contribution in [0.15, 0.2) is 18.2 Å². The third kappa shape index (κ3) is 4.04. The molecule has 5 nitrogen and oxygen atoms in total. The van der Waals surface area contributed by atoms with Gasteiger partial charge in [-0.25, -0.2) is 0 Å². The van der Waals surface area contributed by atoms with E-state index in [1.54, 1.807) is 19.2 Å². The molecule has 2 rings (SSSR count). The van der Waals surface area contributed by atoms with Gasteiger partial charge in [0, 0.05) is 23.7 Å². The predicted molar refractivity (Wildman–Crippen MR) is 80.2 cm³/mol. The molecule has 0 aliphatic heterocycles. The Morgan fingerprint density at radius 2 is 2.14 bits per heavy atom. The summed E-state index contributed by atoms with van der Waals surface area (Å²) in [6.07, 6.45) is 5.36. The van der Waals surface area contributed by atoms with Gasteiger partial charge in [-0.3, -0.25) is 14.5 Å². The minimum atomic E-state index is -0.326. The van der Waals surface area contributed by atoms with Crippen molar-refractivity contribution in [3.63, 3.8) is 0 Å². The van der Waals surface area contributed by atoms with Gasteiger partial charge in [0.25, 0.3) is 0 Å². The number of hydrogen-bond acceptors (Lipinski definition) is 4. The summed E-state index contributed by atoms with van der Waals surface area (Å²) in [7, 11) is 1.60. The lowest BCUT2D eigenvalue weighted by Crippen LogP contribution is -2.39. The van der Waals surface area contributed by atoms with Crippen LogP contribution >= 0.6 is 0 Å². The van der Waals surface area contributed by atoms with Crippen molar-refractivity contribution in [3.05, 3.63) is 29.3 Å². The number of rotatable bonds is 7. The number of methoxy groups -OCH3 is 1. The summed E-state index contributed by atoms with van der Waals surface area (Å²) in [4.78, 5) is 24.4. The summed E-state index contributed by atoms with van der Waals surface area (Å²) >= 11 is 0. The average molecular weight is 290 g/mol. The van der Waals surface area contributed by atoms with Crippen LogP contribution in [0.25, 0.3) is 0 Å². The van der Waals surface area contributed by atoms with Gasteiger partial charge in [-0.1, -0.05) is 12.8 Å². The fourth-order valence-corrected chi connectivity index (χ4v) is 3.00. The van der Waals surface area contributed by atoms with Gasteiger partial charge in [-0.15, -0.1) is 0 Å². The van der Waals surface area contributed by atoms with Crippen LogP contribution in [0.3, 0.4) is 0 Å². The molecule has 21 heavy (non-hydrogen) atoms. The summed E-state index contributed by atoms with van der Waals surface area (Å²) in [5.74, 6) is 0.403. The number of nitrogens with two attached hydrogens (primary N) is 1. The Morgan fingerprint density at radius 1 is 1.43 bits per heavy atom. The standard InChI is InChI=1S/C16H22N2O3/c1-21-15-7-6-12(11-19)8-13(15)9-18(10-16(17)20)14-4-2-3-5-14/h6-8,11,14H,2-5,9-10H2,1H3,(H2,17,20). The molecule has 0 radical (unpaired) electrons. The summed E-state index contributed by atoms with van der Waals surface area (Å²) in [6, 6.07) is 5.70. The monoisotopic (exact) mass is 290 g/mol. The molecule has 0 heterocycles. The zero-order chi connectivity index (χ0) is 15.2. The van der Waals surface area contributed by atoms with Crippen LogP contribution in [-0.2, 0) is 11.3 Å². The molecule has 1 aliphatic carbocycles. The van der Waals surface area contributed by atoms with Gasteiger partial charge < -0.3 is 10.5 Å². The van der Waals surface area contributed by atoms with Crippen LogP contribution in [0.1, 0.15) is 41.6 Å². The molecule has 0 atom stereocenters. The van der Waals surface area contributed by atoms with Crippen LogP contribution in [0.2, 0.25) is 0 Å². The molecule has 0 spiro atoms. The van der Waals surface area contributed by atoms with E-state index in [1.165, 1.54) is 12.8 Å². The van der Waals surface area contributed by atoms with E-state index in [-0.39, 0.29) is 12.5 Å². The van der Waals surface area contributed by atoms with E-state index in [1.807, 2.05) is 6.07 Å². The van der Waals surface area contributed by atoms with Crippen molar-refractivity contribution >= 4 is 12.2 Å². The minimum Gasteiger partial charge on any atom is -0.496 e. The Balaban J connectivity index is 2.21.